The third kappa shape index (κ3) is 7.14. The third-order valence-electron chi connectivity index (χ3n) is 6.94. The van der Waals surface area contributed by atoms with Gasteiger partial charge in [-0.15, -0.1) is 0 Å². The summed E-state index contributed by atoms with van der Waals surface area (Å²) in [4.78, 5) is 32.4. The van der Waals surface area contributed by atoms with E-state index in [1.807, 2.05) is 38.1 Å². The van der Waals surface area contributed by atoms with Crippen molar-refractivity contribution in [2.24, 2.45) is 4.99 Å². The minimum absolute atomic E-state index is 0.0712. The molecule has 1 atom stereocenters. The number of ether oxygens (including phenoxy) is 4. The van der Waals surface area contributed by atoms with Crippen molar-refractivity contribution in [2.45, 2.75) is 46.4 Å². The second-order valence-electron chi connectivity index (χ2n) is 10.5. The molecule has 2 heterocycles. The molecule has 1 aromatic heterocycles. The maximum absolute atomic E-state index is 14.0. The first-order valence-corrected chi connectivity index (χ1v) is 16.2. The fraction of sp³-hybridized carbons (Fsp3) is 0.265. The van der Waals surface area contributed by atoms with E-state index in [4.69, 9.17) is 18.9 Å². The zero-order valence-electron chi connectivity index (χ0n) is 25.4. The zero-order chi connectivity index (χ0) is 32.2. The number of hydrogen-bond donors (Lipinski definition) is 0. The molecule has 234 valence electrons. The van der Waals surface area contributed by atoms with Gasteiger partial charge < -0.3 is 18.9 Å². The molecule has 0 N–H and O–H groups in total. The van der Waals surface area contributed by atoms with Crippen molar-refractivity contribution in [3.63, 3.8) is 0 Å². The van der Waals surface area contributed by atoms with Gasteiger partial charge >= 0.3 is 5.97 Å². The summed E-state index contributed by atoms with van der Waals surface area (Å²) in [6, 6.07) is 16.4. The van der Waals surface area contributed by atoms with E-state index >= 15 is 0 Å². The van der Waals surface area contributed by atoms with Crippen molar-refractivity contribution in [1.29, 1.82) is 0 Å². The quantitative estimate of drug-likeness (QED) is 0.148. The van der Waals surface area contributed by atoms with Crippen LogP contribution in [0.2, 0.25) is 0 Å². The maximum Gasteiger partial charge on any atom is 0.338 e. The van der Waals surface area contributed by atoms with E-state index in [-0.39, 0.29) is 29.7 Å². The van der Waals surface area contributed by atoms with Crippen molar-refractivity contribution in [1.82, 2.24) is 4.57 Å². The minimum Gasteiger partial charge on any atom is -0.493 e. The number of allylic oxidation sites excluding steroid dienone is 1. The van der Waals surface area contributed by atoms with Crippen molar-refractivity contribution in [2.75, 3.05) is 13.7 Å². The number of rotatable bonds is 10. The van der Waals surface area contributed by atoms with Crippen LogP contribution in [0.15, 0.2) is 81.7 Å². The number of fused-ring (bicyclic) bond motifs is 1. The van der Waals surface area contributed by atoms with Gasteiger partial charge in [-0.05, 0) is 109 Å². The van der Waals surface area contributed by atoms with Gasteiger partial charge in [-0.3, -0.25) is 9.36 Å². The average molecular weight is 743 g/mol. The second-order valence-corrected chi connectivity index (χ2v) is 12.7. The Morgan fingerprint density at radius 1 is 1.09 bits per heavy atom. The Morgan fingerprint density at radius 3 is 2.49 bits per heavy atom. The van der Waals surface area contributed by atoms with Crippen LogP contribution in [0.1, 0.15) is 50.4 Å². The van der Waals surface area contributed by atoms with Gasteiger partial charge in [0.2, 0.25) is 0 Å². The molecule has 3 aromatic carbocycles. The number of nitrogens with zero attached hydrogens (tertiary/aromatic N) is 2. The van der Waals surface area contributed by atoms with Gasteiger partial charge in [-0.1, -0.05) is 35.6 Å². The monoisotopic (exact) mass is 742 g/mol. The lowest BCUT2D eigenvalue weighted by molar-refractivity contribution is -0.139. The Bertz CT molecular complexity index is 1950. The van der Waals surface area contributed by atoms with Crippen LogP contribution in [-0.2, 0) is 16.1 Å². The van der Waals surface area contributed by atoms with Crippen molar-refractivity contribution in [3.05, 3.63) is 118 Å². The first-order chi connectivity index (χ1) is 21.6. The number of halogens is 2. The maximum atomic E-state index is 14.0. The van der Waals surface area contributed by atoms with Crippen LogP contribution in [0.25, 0.3) is 6.08 Å². The lowest BCUT2D eigenvalue weighted by Gasteiger charge is -2.25. The van der Waals surface area contributed by atoms with Gasteiger partial charge in [-0.25, -0.2) is 14.2 Å². The summed E-state index contributed by atoms with van der Waals surface area (Å²) in [7, 11) is 1.55. The van der Waals surface area contributed by atoms with Gasteiger partial charge in [0.05, 0.1) is 45.2 Å². The molecular weight excluding hydrogens is 710 g/mol. The molecule has 5 rings (SSSR count). The van der Waals surface area contributed by atoms with E-state index in [0.717, 1.165) is 14.7 Å². The zero-order valence-corrected chi connectivity index (χ0v) is 28.4. The molecule has 11 heteroatoms. The Hall–Kier alpha value is -3.97. The average Bonchev–Trinajstić information content (AvgIpc) is 3.30. The first-order valence-electron chi connectivity index (χ1n) is 14.3. The molecule has 8 nitrogen and oxygen atoms in total. The molecule has 0 unspecified atom stereocenters. The summed E-state index contributed by atoms with van der Waals surface area (Å²) in [6.45, 7) is 7.80. The van der Waals surface area contributed by atoms with Crippen molar-refractivity contribution >= 4 is 46.0 Å². The fourth-order valence-electron chi connectivity index (χ4n) is 4.93. The van der Waals surface area contributed by atoms with Crippen LogP contribution < -0.4 is 29.1 Å². The summed E-state index contributed by atoms with van der Waals surface area (Å²) in [5.41, 5.74) is 2.78. The lowest BCUT2D eigenvalue weighted by atomic mass is 9.95. The fourth-order valence-corrected chi connectivity index (χ4v) is 6.67. The summed E-state index contributed by atoms with van der Waals surface area (Å²) in [6.07, 6.45) is 1.73. The second kappa shape index (κ2) is 14.0. The predicted molar refractivity (Wildman–Crippen MR) is 179 cm³/mol. The molecule has 0 radical (unpaired) electrons. The Kier molecular flexibility index (Phi) is 10.1. The van der Waals surface area contributed by atoms with E-state index in [1.54, 1.807) is 55.9 Å². The standard InChI is InChI=1S/C34H32FIN2O6S/c1-6-42-33(40)30-20(4)37-34-38(31(30)23-10-14-27(44-19(2)3)28(17-23)41-5)32(39)29(45-34)16-22-9-13-26(25(36)15-22)43-18-21-7-11-24(35)12-8-21/h7-17,19,31H,6,18H2,1-5H3/b29-16-/t31-/m1/s1. The Balaban J connectivity index is 1.54. The summed E-state index contributed by atoms with van der Waals surface area (Å²) in [5, 5.41) is 0. The van der Waals surface area contributed by atoms with Gasteiger partial charge in [0.25, 0.3) is 5.56 Å². The first kappa shape index (κ1) is 32.4. The highest BCUT2D eigenvalue weighted by atomic mass is 127. The number of aromatic nitrogens is 1. The van der Waals surface area contributed by atoms with Crippen LogP contribution in [0.3, 0.4) is 0 Å². The predicted octanol–water partition coefficient (Wildman–Crippen LogP) is 5.92. The number of benzene rings is 3. The van der Waals surface area contributed by atoms with Gasteiger partial charge in [0, 0.05) is 0 Å². The number of thiazole rings is 1. The lowest BCUT2D eigenvalue weighted by Crippen LogP contribution is -2.40. The molecular formula is C34H32FIN2O6S. The van der Waals surface area contributed by atoms with Crippen LogP contribution >= 0.6 is 33.9 Å². The van der Waals surface area contributed by atoms with Crippen LogP contribution in [0.4, 0.5) is 4.39 Å². The van der Waals surface area contributed by atoms with E-state index in [0.29, 0.717) is 44.4 Å². The number of carbonyl (C=O) groups is 1. The largest absolute Gasteiger partial charge is 0.493 e. The molecule has 1 aliphatic rings. The number of hydrogen-bond acceptors (Lipinski definition) is 8. The molecule has 0 fully saturated rings. The molecule has 0 saturated heterocycles. The normalized spacial score (nSPS) is 14.7. The highest BCUT2D eigenvalue weighted by molar-refractivity contribution is 14.1. The van der Waals surface area contributed by atoms with Gasteiger partial charge in [0.1, 0.15) is 18.2 Å². The molecule has 1 aliphatic heterocycles. The SMILES string of the molecule is CCOC(=O)C1=C(C)N=c2s/c(=C\c3ccc(OCc4ccc(F)cc4)c(I)c3)c(=O)n2[C@@H]1c1ccc(OC(C)C)c(OC)c1. The summed E-state index contributed by atoms with van der Waals surface area (Å²) in [5.74, 6) is 0.882. The van der Waals surface area contributed by atoms with Crippen molar-refractivity contribution in [3.8, 4) is 17.2 Å². The molecule has 0 saturated carbocycles. The molecule has 45 heavy (non-hydrogen) atoms. The van der Waals surface area contributed by atoms with Crippen LogP contribution in [0.5, 0.6) is 17.2 Å². The number of esters is 1. The minimum atomic E-state index is -0.785. The van der Waals surface area contributed by atoms with E-state index in [1.165, 1.54) is 23.5 Å². The number of methoxy groups -OCH3 is 1. The van der Waals surface area contributed by atoms with Gasteiger partial charge in [0.15, 0.2) is 16.3 Å². The molecule has 0 spiro atoms. The highest BCUT2D eigenvalue weighted by Gasteiger charge is 2.34. The topological polar surface area (TPSA) is 88.4 Å². The van der Waals surface area contributed by atoms with E-state index < -0.39 is 12.0 Å². The highest BCUT2D eigenvalue weighted by Crippen LogP contribution is 2.36. The van der Waals surface area contributed by atoms with Crippen molar-refractivity contribution < 1.29 is 28.1 Å². The summed E-state index contributed by atoms with van der Waals surface area (Å²) < 4.78 is 38.9. The van der Waals surface area contributed by atoms with E-state index in [9.17, 15) is 14.0 Å². The Labute approximate surface area is 277 Å². The molecule has 0 aliphatic carbocycles. The molecule has 4 aromatic rings. The summed E-state index contributed by atoms with van der Waals surface area (Å²) >= 11 is 3.43. The smallest absolute Gasteiger partial charge is 0.338 e. The van der Waals surface area contributed by atoms with E-state index in [2.05, 4.69) is 27.6 Å². The third-order valence-corrected chi connectivity index (χ3v) is 8.77. The van der Waals surface area contributed by atoms with Crippen LogP contribution in [-0.4, -0.2) is 30.4 Å². The molecule has 0 amide bonds. The number of carbonyl (C=O) groups excluding carboxylic acids is 1. The van der Waals surface area contributed by atoms with Crippen LogP contribution in [0, 0.1) is 9.39 Å². The van der Waals surface area contributed by atoms with Gasteiger partial charge in [-0.2, -0.15) is 0 Å². The molecule has 0 bridgehead atoms. The Morgan fingerprint density at radius 2 is 1.82 bits per heavy atom.